The molecule has 2 unspecified atom stereocenters. The van der Waals surface area contributed by atoms with Crippen molar-refractivity contribution in [2.45, 2.75) is 64.0 Å². The van der Waals surface area contributed by atoms with Gasteiger partial charge in [0.15, 0.2) is 17.8 Å². The molecule has 208 valence electrons. The number of methoxy groups -OCH3 is 1. The van der Waals surface area contributed by atoms with Crippen molar-refractivity contribution in [2.75, 3.05) is 12.4 Å². The van der Waals surface area contributed by atoms with E-state index in [4.69, 9.17) is 19.3 Å². The van der Waals surface area contributed by atoms with Gasteiger partial charge in [0, 0.05) is 23.6 Å². The number of carbonyl (C=O) groups excluding carboxylic acids is 2. The Morgan fingerprint density at radius 1 is 1.10 bits per heavy atom. The van der Waals surface area contributed by atoms with Gasteiger partial charge >= 0.3 is 0 Å². The van der Waals surface area contributed by atoms with E-state index in [1.807, 2.05) is 43.3 Å². The number of ether oxygens (including phenoxy) is 3. The van der Waals surface area contributed by atoms with Crippen LogP contribution >= 0.6 is 0 Å². The quantitative estimate of drug-likeness (QED) is 0.369. The molecule has 10 nitrogen and oxygen atoms in total. The molecule has 3 aromatic rings. The van der Waals surface area contributed by atoms with Crippen LogP contribution in [0.25, 0.3) is 0 Å². The molecule has 1 aliphatic heterocycles. The molecular formula is C30H33N5O5. The minimum Gasteiger partial charge on any atom is -0.493 e. The van der Waals surface area contributed by atoms with Crippen LogP contribution in [-0.2, 0) is 16.1 Å². The molecule has 0 spiro atoms. The molecule has 1 aliphatic carbocycles. The highest BCUT2D eigenvalue weighted by Gasteiger charge is 2.32. The largest absolute Gasteiger partial charge is 0.493 e. The Labute approximate surface area is 233 Å². The summed E-state index contributed by atoms with van der Waals surface area (Å²) in [5, 5.41) is 9.34. The molecule has 10 heteroatoms. The molecule has 5 rings (SSSR count). The number of aromatic nitrogens is 2. The van der Waals surface area contributed by atoms with Crippen LogP contribution in [0.3, 0.4) is 0 Å². The summed E-state index contributed by atoms with van der Waals surface area (Å²) in [5.41, 5.74) is 2.97. The average molecular weight is 544 g/mol. The fourth-order valence-electron chi connectivity index (χ4n) is 4.98. The number of hydrogen-bond donors (Lipinski definition) is 1. The molecule has 2 heterocycles. The van der Waals surface area contributed by atoms with Gasteiger partial charge in [0.05, 0.1) is 25.5 Å². The summed E-state index contributed by atoms with van der Waals surface area (Å²) in [4.78, 5) is 32.5. The van der Waals surface area contributed by atoms with E-state index in [0.717, 1.165) is 43.1 Å². The molecule has 2 aliphatic rings. The number of rotatable bonds is 10. The second-order valence-corrected chi connectivity index (χ2v) is 9.76. The monoisotopic (exact) mass is 543 g/mol. The van der Waals surface area contributed by atoms with Crippen molar-refractivity contribution < 1.29 is 23.8 Å². The zero-order valence-electron chi connectivity index (χ0n) is 22.7. The van der Waals surface area contributed by atoms with Crippen molar-refractivity contribution in [2.24, 2.45) is 5.10 Å². The highest BCUT2D eigenvalue weighted by molar-refractivity contribution is 6.04. The first-order chi connectivity index (χ1) is 19.6. The van der Waals surface area contributed by atoms with Crippen LogP contribution in [-0.4, -0.2) is 58.4 Å². The Hall–Kier alpha value is -4.31. The van der Waals surface area contributed by atoms with Crippen LogP contribution < -0.4 is 14.8 Å². The second-order valence-electron chi connectivity index (χ2n) is 9.76. The molecule has 1 N–H and O–H groups in total. The number of hydrazone groups is 1. The van der Waals surface area contributed by atoms with Gasteiger partial charge in [-0.15, -0.1) is 0 Å². The molecule has 40 heavy (non-hydrogen) atoms. The first kappa shape index (κ1) is 27.3. The smallest absolute Gasteiger partial charge is 0.293 e. The van der Waals surface area contributed by atoms with Crippen LogP contribution in [0.15, 0.2) is 66.0 Å². The SMILES string of the molecule is CCC1OC(C=O)N(Cc2cccc(NC(=O)c3ncccn3)c2)N=C1c1ccc(OC)c(OC2CCCC2)c1. The number of hydrogen-bond acceptors (Lipinski definition) is 9. The van der Waals surface area contributed by atoms with E-state index in [2.05, 4.69) is 15.3 Å². The van der Waals surface area contributed by atoms with Crippen molar-refractivity contribution >= 4 is 23.6 Å². The normalized spacial score (nSPS) is 19.1. The minimum atomic E-state index is -0.850. The molecule has 1 aromatic heterocycles. The Bertz CT molecular complexity index is 1360. The predicted octanol–water partition coefficient (Wildman–Crippen LogP) is 4.60. The zero-order chi connectivity index (χ0) is 27.9. The maximum Gasteiger partial charge on any atom is 0.293 e. The molecule has 2 atom stereocenters. The summed E-state index contributed by atoms with van der Waals surface area (Å²) >= 11 is 0. The number of aldehydes is 1. The lowest BCUT2D eigenvalue weighted by Crippen LogP contribution is -2.45. The summed E-state index contributed by atoms with van der Waals surface area (Å²) in [5.74, 6) is 1.02. The van der Waals surface area contributed by atoms with E-state index in [9.17, 15) is 9.59 Å². The Balaban J connectivity index is 1.39. The topological polar surface area (TPSA) is 115 Å². The van der Waals surface area contributed by atoms with Gasteiger partial charge in [0.25, 0.3) is 5.91 Å². The van der Waals surface area contributed by atoms with E-state index >= 15 is 0 Å². The van der Waals surface area contributed by atoms with Crippen molar-refractivity contribution in [1.82, 2.24) is 15.0 Å². The van der Waals surface area contributed by atoms with Crippen LogP contribution in [0.2, 0.25) is 0 Å². The minimum absolute atomic E-state index is 0.0778. The van der Waals surface area contributed by atoms with Crippen molar-refractivity contribution in [3.05, 3.63) is 77.9 Å². The maximum atomic E-state index is 12.5. The van der Waals surface area contributed by atoms with Crippen molar-refractivity contribution in [3.8, 4) is 11.5 Å². The lowest BCUT2D eigenvalue weighted by Gasteiger charge is -2.35. The van der Waals surface area contributed by atoms with Crippen LogP contribution in [0.1, 0.15) is 60.8 Å². The lowest BCUT2D eigenvalue weighted by atomic mass is 10.0. The molecular weight excluding hydrogens is 510 g/mol. The molecule has 0 saturated heterocycles. The second kappa shape index (κ2) is 12.7. The first-order valence-corrected chi connectivity index (χ1v) is 13.6. The van der Waals surface area contributed by atoms with Crippen LogP contribution in [0.5, 0.6) is 11.5 Å². The summed E-state index contributed by atoms with van der Waals surface area (Å²) in [7, 11) is 1.63. The summed E-state index contributed by atoms with van der Waals surface area (Å²) in [6.07, 6.45) is 7.77. The number of carbonyl (C=O) groups is 2. The number of nitrogens with one attached hydrogen (secondary N) is 1. The fraction of sp³-hybridized carbons (Fsp3) is 0.367. The highest BCUT2D eigenvalue weighted by atomic mass is 16.5. The van der Waals surface area contributed by atoms with E-state index in [1.165, 1.54) is 12.4 Å². The van der Waals surface area contributed by atoms with Gasteiger partial charge in [-0.3, -0.25) is 14.6 Å². The standard InChI is InChI=1S/C30H33N5O5/c1-3-24-28(21-12-13-25(38-2)26(17-21)39-23-10-4-5-11-23)34-35(27(19-36)40-24)18-20-8-6-9-22(16-20)33-30(37)29-31-14-7-15-32-29/h6-9,12-17,19,23-24,27H,3-5,10-11,18H2,1-2H3,(H,33,37). The van der Waals surface area contributed by atoms with Gasteiger partial charge in [0.1, 0.15) is 6.10 Å². The Morgan fingerprint density at radius 3 is 2.62 bits per heavy atom. The first-order valence-electron chi connectivity index (χ1n) is 13.6. The third-order valence-corrected chi connectivity index (χ3v) is 6.98. The van der Waals surface area contributed by atoms with E-state index in [-0.39, 0.29) is 24.6 Å². The third-order valence-electron chi connectivity index (χ3n) is 6.98. The molecule has 1 amide bonds. The summed E-state index contributed by atoms with van der Waals surface area (Å²) in [6.45, 7) is 2.29. The van der Waals surface area contributed by atoms with E-state index in [1.54, 1.807) is 24.3 Å². The molecule has 0 bridgehead atoms. The number of nitrogens with zero attached hydrogens (tertiary/aromatic N) is 4. The molecule has 1 fully saturated rings. The Kier molecular flexibility index (Phi) is 8.65. The predicted molar refractivity (Wildman–Crippen MR) is 149 cm³/mol. The van der Waals surface area contributed by atoms with Crippen molar-refractivity contribution in [3.63, 3.8) is 0 Å². The Morgan fingerprint density at radius 2 is 1.90 bits per heavy atom. The molecule has 0 radical (unpaired) electrons. The van der Waals surface area contributed by atoms with Gasteiger partial charge < -0.3 is 19.5 Å². The van der Waals surface area contributed by atoms with Gasteiger partial charge in [-0.1, -0.05) is 19.1 Å². The summed E-state index contributed by atoms with van der Waals surface area (Å²) in [6, 6.07) is 14.7. The van der Waals surface area contributed by atoms with Crippen LogP contribution in [0.4, 0.5) is 5.69 Å². The lowest BCUT2D eigenvalue weighted by molar-refractivity contribution is -0.139. The highest BCUT2D eigenvalue weighted by Crippen LogP contribution is 2.34. The third kappa shape index (κ3) is 6.28. The fourth-order valence-corrected chi connectivity index (χ4v) is 4.98. The summed E-state index contributed by atoms with van der Waals surface area (Å²) < 4.78 is 18.1. The maximum absolute atomic E-state index is 12.5. The number of benzene rings is 2. The van der Waals surface area contributed by atoms with E-state index < -0.39 is 12.1 Å². The molecule has 2 aromatic carbocycles. The van der Waals surface area contributed by atoms with E-state index in [0.29, 0.717) is 29.3 Å². The number of amides is 1. The molecule has 1 saturated carbocycles. The average Bonchev–Trinajstić information content (AvgIpc) is 3.50. The number of anilines is 1. The van der Waals surface area contributed by atoms with Gasteiger partial charge in [-0.05, 0) is 74.1 Å². The van der Waals surface area contributed by atoms with Gasteiger partial charge in [0.2, 0.25) is 12.1 Å². The zero-order valence-corrected chi connectivity index (χ0v) is 22.7. The van der Waals surface area contributed by atoms with Crippen LogP contribution in [0, 0.1) is 0 Å². The van der Waals surface area contributed by atoms with Crippen molar-refractivity contribution in [1.29, 1.82) is 0 Å². The van der Waals surface area contributed by atoms with Gasteiger partial charge in [-0.25, -0.2) is 9.97 Å². The van der Waals surface area contributed by atoms with Gasteiger partial charge in [-0.2, -0.15) is 5.10 Å².